The summed E-state index contributed by atoms with van der Waals surface area (Å²) in [4.78, 5) is 3.89. The molecule has 0 saturated carbocycles. The maximum Gasteiger partial charge on any atom is 0.0593 e. The minimum atomic E-state index is 0.165. The summed E-state index contributed by atoms with van der Waals surface area (Å²) in [5, 5.41) is 2.17. The standard InChI is InChI=1S/C14H26N2S/c1-6-12(7-2)16(5)13(11(4)15)14-10(3)8-9-17-14/h8-9,11-13H,6-7,15H2,1-5H3. The summed E-state index contributed by atoms with van der Waals surface area (Å²) in [7, 11) is 2.21. The summed E-state index contributed by atoms with van der Waals surface area (Å²) in [6.45, 7) is 8.80. The first-order valence-electron chi connectivity index (χ1n) is 6.54. The Kier molecular flexibility index (Phi) is 5.63. The molecule has 2 unspecified atom stereocenters. The maximum atomic E-state index is 6.21. The zero-order valence-corrected chi connectivity index (χ0v) is 12.6. The van der Waals surface area contributed by atoms with Crippen LogP contribution in [0, 0.1) is 6.92 Å². The number of hydrogen-bond acceptors (Lipinski definition) is 3. The SMILES string of the molecule is CCC(CC)N(C)C(c1sccc1C)C(C)N. The highest BCUT2D eigenvalue weighted by Gasteiger charge is 2.27. The molecule has 2 atom stereocenters. The van der Waals surface area contributed by atoms with E-state index in [1.165, 1.54) is 23.3 Å². The van der Waals surface area contributed by atoms with E-state index in [9.17, 15) is 0 Å². The maximum absolute atomic E-state index is 6.21. The van der Waals surface area contributed by atoms with E-state index in [0.717, 1.165) is 0 Å². The van der Waals surface area contributed by atoms with Gasteiger partial charge in [0.1, 0.15) is 0 Å². The van der Waals surface area contributed by atoms with Gasteiger partial charge in [0, 0.05) is 17.0 Å². The Balaban J connectivity index is 2.98. The predicted molar refractivity (Wildman–Crippen MR) is 77.6 cm³/mol. The van der Waals surface area contributed by atoms with Gasteiger partial charge in [-0.3, -0.25) is 4.90 Å². The second kappa shape index (κ2) is 6.53. The summed E-state index contributed by atoms with van der Waals surface area (Å²) < 4.78 is 0. The molecule has 0 aliphatic heterocycles. The highest BCUT2D eigenvalue weighted by molar-refractivity contribution is 7.10. The van der Waals surface area contributed by atoms with Gasteiger partial charge in [0.15, 0.2) is 0 Å². The van der Waals surface area contributed by atoms with E-state index in [1.54, 1.807) is 0 Å². The van der Waals surface area contributed by atoms with Gasteiger partial charge in [-0.15, -0.1) is 11.3 Å². The Morgan fingerprint density at radius 3 is 2.29 bits per heavy atom. The third-order valence-corrected chi connectivity index (χ3v) is 4.72. The van der Waals surface area contributed by atoms with Crippen LogP contribution in [0.1, 0.15) is 50.1 Å². The molecule has 0 fully saturated rings. The molecule has 0 aromatic carbocycles. The van der Waals surface area contributed by atoms with Crippen LogP contribution in [0.25, 0.3) is 0 Å². The van der Waals surface area contributed by atoms with Crippen molar-refractivity contribution >= 4 is 11.3 Å². The molecule has 0 aliphatic carbocycles. The number of thiophene rings is 1. The van der Waals surface area contributed by atoms with E-state index in [0.29, 0.717) is 12.1 Å². The molecule has 2 N–H and O–H groups in total. The Morgan fingerprint density at radius 2 is 1.94 bits per heavy atom. The van der Waals surface area contributed by atoms with Gasteiger partial charge >= 0.3 is 0 Å². The summed E-state index contributed by atoms with van der Waals surface area (Å²) in [6, 6.07) is 3.32. The summed E-state index contributed by atoms with van der Waals surface area (Å²) >= 11 is 1.83. The van der Waals surface area contributed by atoms with Crippen molar-refractivity contribution in [3.8, 4) is 0 Å². The number of nitrogens with two attached hydrogens (primary N) is 1. The molecule has 2 nitrogen and oxygen atoms in total. The van der Waals surface area contributed by atoms with Crippen LogP contribution >= 0.6 is 11.3 Å². The van der Waals surface area contributed by atoms with Crippen LogP contribution in [-0.2, 0) is 0 Å². The van der Waals surface area contributed by atoms with Gasteiger partial charge in [-0.05, 0) is 50.7 Å². The highest BCUT2D eigenvalue weighted by atomic mass is 32.1. The molecule has 1 aromatic heterocycles. The van der Waals surface area contributed by atoms with Crippen molar-refractivity contribution in [1.82, 2.24) is 4.90 Å². The minimum absolute atomic E-state index is 0.165. The van der Waals surface area contributed by atoms with Crippen molar-refractivity contribution in [2.45, 2.75) is 58.7 Å². The van der Waals surface area contributed by atoms with E-state index >= 15 is 0 Å². The normalized spacial score (nSPS) is 15.5. The lowest BCUT2D eigenvalue weighted by atomic mass is 10.0. The van der Waals surface area contributed by atoms with Gasteiger partial charge in [0.05, 0.1) is 6.04 Å². The van der Waals surface area contributed by atoms with Crippen molar-refractivity contribution < 1.29 is 0 Å². The van der Waals surface area contributed by atoms with Gasteiger partial charge in [-0.2, -0.15) is 0 Å². The smallest absolute Gasteiger partial charge is 0.0593 e. The van der Waals surface area contributed by atoms with Gasteiger partial charge in [0.2, 0.25) is 0 Å². The molecule has 1 heterocycles. The molecule has 0 spiro atoms. The Labute approximate surface area is 110 Å². The molecular weight excluding hydrogens is 228 g/mol. The number of likely N-dealkylation sites (N-methyl/N-ethyl adjacent to an activating group) is 1. The summed E-state index contributed by atoms with van der Waals surface area (Å²) in [5.41, 5.74) is 7.58. The van der Waals surface area contributed by atoms with Gasteiger partial charge in [-0.25, -0.2) is 0 Å². The zero-order chi connectivity index (χ0) is 13.0. The molecule has 1 rings (SSSR count). The third-order valence-electron chi connectivity index (χ3n) is 3.63. The molecule has 0 radical (unpaired) electrons. The molecule has 17 heavy (non-hydrogen) atoms. The van der Waals surface area contributed by atoms with E-state index in [2.05, 4.69) is 51.1 Å². The molecule has 98 valence electrons. The summed E-state index contributed by atoms with van der Waals surface area (Å²) in [5.74, 6) is 0. The van der Waals surface area contributed by atoms with E-state index < -0.39 is 0 Å². The lowest BCUT2D eigenvalue weighted by molar-refractivity contribution is 0.148. The summed E-state index contributed by atoms with van der Waals surface area (Å²) in [6.07, 6.45) is 2.36. The monoisotopic (exact) mass is 254 g/mol. The van der Waals surface area contributed by atoms with Crippen molar-refractivity contribution in [3.63, 3.8) is 0 Å². The number of hydrogen-bond donors (Lipinski definition) is 1. The van der Waals surface area contributed by atoms with Gasteiger partial charge in [0.25, 0.3) is 0 Å². The minimum Gasteiger partial charge on any atom is -0.326 e. The largest absolute Gasteiger partial charge is 0.326 e. The molecule has 0 saturated heterocycles. The van der Waals surface area contributed by atoms with E-state index in [1.807, 2.05) is 11.3 Å². The fraction of sp³-hybridized carbons (Fsp3) is 0.714. The second-order valence-electron chi connectivity index (χ2n) is 4.91. The van der Waals surface area contributed by atoms with Crippen LogP contribution in [0.15, 0.2) is 11.4 Å². The van der Waals surface area contributed by atoms with Crippen molar-refractivity contribution in [2.24, 2.45) is 5.73 Å². The average molecular weight is 254 g/mol. The Bertz CT molecular complexity index is 329. The fourth-order valence-electron chi connectivity index (χ4n) is 2.57. The van der Waals surface area contributed by atoms with Crippen molar-refractivity contribution in [3.05, 3.63) is 21.9 Å². The molecule has 1 aromatic rings. The number of nitrogens with zero attached hydrogens (tertiary/aromatic N) is 1. The zero-order valence-electron chi connectivity index (χ0n) is 11.7. The fourth-order valence-corrected chi connectivity index (χ4v) is 3.77. The Hall–Kier alpha value is -0.380. The van der Waals surface area contributed by atoms with Crippen LogP contribution in [0.5, 0.6) is 0 Å². The van der Waals surface area contributed by atoms with Gasteiger partial charge < -0.3 is 5.73 Å². The van der Waals surface area contributed by atoms with Crippen LogP contribution in [-0.4, -0.2) is 24.0 Å². The second-order valence-corrected chi connectivity index (χ2v) is 5.86. The quantitative estimate of drug-likeness (QED) is 0.841. The van der Waals surface area contributed by atoms with Crippen LogP contribution in [0.3, 0.4) is 0 Å². The molecule has 0 amide bonds. The first-order chi connectivity index (χ1) is 8.02. The van der Waals surface area contributed by atoms with Crippen molar-refractivity contribution in [2.75, 3.05) is 7.05 Å². The number of aryl methyl sites for hydroxylation is 1. The number of rotatable bonds is 6. The first-order valence-corrected chi connectivity index (χ1v) is 7.42. The average Bonchev–Trinajstić information content (AvgIpc) is 2.66. The van der Waals surface area contributed by atoms with Crippen LogP contribution in [0.2, 0.25) is 0 Å². The third kappa shape index (κ3) is 3.30. The van der Waals surface area contributed by atoms with E-state index in [4.69, 9.17) is 5.73 Å². The molecule has 3 heteroatoms. The van der Waals surface area contributed by atoms with Crippen LogP contribution < -0.4 is 5.73 Å². The van der Waals surface area contributed by atoms with Crippen molar-refractivity contribution in [1.29, 1.82) is 0 Å². The predicted octanol–water partition coefficient (Wildman–Crippen LogP) is 3.57. The molecule has 0 bridgehead atoms. The Morgan fingerprint density at radius 1 is 1.35 bits per heavy atom. The van der Waals surface area contributed by atoms with Crippen LogP contribution in [0.4, 0.5) is 0 Å². The topological polar surface area (TPSA) is 29.3 Å². The van der Waals surface area contributed by atoms with E-state index in [-0.39, 0.29) is 6.04 Å². The molecule has 0 aliphatic rings. The highest BCUT2D eigenvalue weighted by Crippen LogP contribution is 2.32. The molecular formula is C14H26N2S. The first kappa shape index (κ1) is 14.7. The van der Waals surface area contributed by atoms with Gasteiger partial charge in [-0.1, -0.05) is 13.8 Å². The lowest BCUT2D eigenvalue weighted by Gasteiger charge is -2.36. The lowest BCUT2D eigenvalue weighted by Crippen LogP contribution is -2.42.